The molecule has 102 valence electrons. The zero-order valence-corrected chi connectivity index (χ0v) is 12.6. The molecular formula is C17H18N2S. The summed E-state index contributed by atoms with van der Waals surface area (Å²) in [4.78, 5) is 6.02. The number of nitrogens with zero attached hydrogens (tertiary/aromatic N) is 1. The molecule has 0 unspecified atom stereocenters. The van der Waals surface area contributed by atoms with Gasteiger partial charge in [0.1, 0.15) is 0 Å². The molecule has 0 atom stereocenters. The van der Waals surface area contributed by atoms with Crippen molar-refractivity contribution < 1.29 is 0 Å². The summed E-state index contributed by atoms with van der Waals surface area (Å²) in [7, 11) is 0. The van der Waals surface area contributed by atoms with Crippen molar-refractivity contribution in [3.8, 4) is 0 Å². The van der Waals surface area contributed by atoms with Gasteiger partial charge in [-0.1, -0.05) is 49.7 Å². The first-order chi connectivity index (χ1) is 9.78. The molecule has 0 saturated heterocycles. The monoisotopic (exact) mass is 282 g/mol. The smallest absolute Gasteiger partial charge is 0.187 e. The quantitative estimate of drug-likeness (QED) is 0.702. The van der Waals surface area contributed by atoms with Crippen LogP contribution in [0.5, 0.6) is 0 Å². The second-order valence-electron chi connectivity index (χ2n) is 4.93. The molecule has 1 heterocycles. The molecule has 0 radical (unpaired) electrons. The van der Waals surface area contributed by atoms with E-state index in [0.29, 0.717) is 0 Å². The zero-order chi connectivity index (χ0) is 13.9. The summed E-state index contributed by atoms with van der Waals surface area (Å²) < 4.78 is 0. The van der Waals surface area contributed by atoms with Crippen molar-refractivity contribution in [1.82, 2.24) is 4.98 Å². The molecule has 3 aromatic rings. The van der Waals surface area contributed by atoms with Crippen LogP contribution >= 0.6 is 11.3 Å². The summed E-state index contributed by atoms with van der Waals surface area (Å²) in [6.45, 7) is 4.30. The fourth-order valence-electron chi connectivity index (χ4n) is 2.39. The number of thiazole rings is 1. The van der Waals surface area contributed by atoms with Gasteiger partial charge in [-0.05, 0) is 24.8 Å². The van der Waals surface area contributed by atoms with Gasteiger partial charge >= 0.3 is 0 Å². The Morgan fingerprint density at radius 1 is 1.10 bits per heavy atom. The fraction of sp³-hybridized carbons (Fsp3) is 0.235. The molecule has 0 bridgehead atoms. The number of hydrogen-bond donors (Lipinski definition) is 1. The molecular weight excluding hydrogens is 264 g/mol. The summed E-state index contributed by atoms with van der Waals surface area (Å²) in [6.07, 6.45) is 2.28. The van der Waals surface area contributed by atoms with E-state index in [1.807, 2.05) is 0 Å². The predicted octanol–water partition coefficient (Wildman–Crippen LogP) is 5.30. The van der Waals surface area contributed by atoms with Gasteiger partial charge in [0.15, 0.2) is 5.13 Å². The van der Waals surface area contributed by atoms with Crippen LogP contribution in [-0.4, -0.2) is 4.98 Å². The molecule has 3 heteroatoms. The maximum atomic E-state index is 4.64. The summed E-state index contributed by atoms with van der Waals surface area (Å²) >= 11 is 1.77. The number of aryl methyl sites for hydroxylation is 2. The average molecular weight is 282 g/mol. The van der Waals surface area contributed by atoms with Crippen LogP contribution in [0.4, 0.5) is 10.8 Å². The maximum Gasteiger partial charge on any atom is 0.187 e. The highest BCUT2D eigenvalue weighted by atomic mass is 32.1. The summed E-state index contributed by atoms with van der Waals surface area (Å²) in [5.74, 6) is 0. The van der Waals surface area contributed by atoms with Gasteiger partial charge in [-0.3, -0.25) is 0 Å². The number of aromatic nitrogens is 1. The number of fused-ring (bicyclic) bond motifs is 1. The molecule has 0 aliphatic rings. The molecule has 0 saturated carbocycles. The van der Waals surface area contributed by atoms with E-state index in [1.165, 1.54) is 15.6 Å². The van der Waals surface area contributed by atoms with Crippen molar-refractivity contribution in [2.24, 2.45) is 0 Å². The van der Waals surface area contributed by atoms with Crippen molar-refractivity contribution in [1.29, 1.82) is 0 Å². The Morgan fingerprint density at radius 3 is 2.75 bits per heavy atom. The van der Waals surface area contributed by atoms with Crippen LogP contribution in [0.1, 0.15) is 23.9 Å². The number of benzene rings is 2. The van der Waals surface area contributed by atoms with Crippen LogP contribution in [0, 0.1) is 6.92 Å². The van der Waals surface area contributed by atoms with Gasteiger partial charge < -0.3 is 5.32 Å². The second-order valence-corrected chi connectivity index (χ2v) is 6.01. The van der Waals surface area contributed by atoms with E-state index in [0.717, 1.165) is 29.4 Å². The van der Waals surface area contributed by atoms with E-state index in [9.17, 15) is 0 Å². The molecule has 3 rings (SSSR count). The topological polar surface area (TPSA) is 24.9 Å². The molecule has 1 N–H and O–H groups in total. The van der Waals surface area contributed by atoms with E-state index in [1.54, 1.807) is 11.3 Å². The van der Waals surface area contributed by atoms with E-state index >= 15 is 0 Å². The molecule has 2 aromatic carbocycles. The molecule has 0 aliphatic carbocycles. The van der Waals surface area contributed by atoms with Crippen LogP contribution in [0.25, 0.3) is 10.8 Å². The second kappa shape index (κ2) is 5.63. The van der Waals surface area contributed by atoms with Crippen molar-refractivity contribution in [2.45, 2.75) is 26.7 Å². The normalized spacial score (nSPS) is 10.9. The van der Waals surface area contributed by atoms with Crippen LogP contribution in [0.15, 0.2) is 42.5 Å². The Hall–Kier alpha value is -1.87. The lowest BCUT2D eigenvalue weighted by Crippen LogP contribution is -1.90. The van der Waals surface area contributed by atoms with Crippen LogP contribution in [0.2, 0.25) is 0 Å². The Balaban J connectivity index is 1.95. The minimum Gasteiger partial charge on any atom is -0.331 e. The van der Waals surface area contributed by atoms with E-state index in [2.05, 4.69) is 66.6 Å². The third-order valence-electron chi connectivity index (χ3n) is 3.40. The maximum absolute atomic E-state index is 4.64. The van der Waals surface area contributed by atoms with E-state index < -0.39 is 0 Å². The number of hydrogen-bond acceptors (Lipinski definition) is 3. The van der Waals surface area contributed by atoms with Crippen LogP contribution in [-0.2, 0) is 6.42 Å². The number of anilines is 2. The average Bonchev–Trinajstić information content (AvgIpc) is 2.80. The largest absolute Gasteiger partial charge is 0.331 e. The summed E-state index contributed by atoms with van der Waals surface area (Å²) in [5, 5.41) is 6.95. The van der Waals surface area contributed by atoms with Crippen LogP contribution in [0.3, 0.4) is 0 Å². The minimum absolute atomic E-state index is 0.988. The van der Waals surface area contributed by atoms with Crippen molar-refractivity contribution in [3.05, 3.63) is 53.0 Å². The van der Waals surface area contributed by atoms with Crippen molar-refractivity contribution in [3.63, 3.8) is 0 Å². The SMILES string of the molecule is CCCc1sc(Nc2cccc3ccccc23)nc1C. The number of rotatable bonds is 4. The summed E-state index contributed by atoms with van der Waals surface area (Å²) in [5.41, 5.74) is 2.28. The lowest BCUT2D eigenvalue weighted by Gasteiger charge is -2.06. The highest BCUT2D eigenvalue weighted by Crippen LogP contribution is 2.30. The van der Waals surface area contributed by atoms with Gasteiger partial charge in [0.25, 0.3) is 0 Å². The third kappa shape index (κ3) is 2.54. The number of nitrogens with one attached hydrogen (secondary N) is 1. The van der Waals surface area contributed by atoms with E-state index in [-0.39, 0.29) is 0 Å². The van der Waals surface area contributed by atoms with Gasteiger partial charge in [-0.2, -0.15) is 0 Å². The molecule has 0 fully saturated rings. The Kier molecular flexibility index (Phi) is 3.70. The Labute approximate surface area is 123 Å². The van der Waals surface area contributed by atoms with Crippen molar-refractivity contribution >= 4 is 32.9 Å². The first kappa shape index (κ1) is 13.1. The molecule has 1 aromatic heterocycles. The van der Waals surface area contributed by atoms with Crippen LogP contribution < -0.4 is 5.32 Å². The van der Waals surface area contributed by atoms with Gasteiger partial charge in [0.05, 0.1) is 5.69 Å². The standard InChI is InChI=1S/C17H18N2S/c1-3-7-16-12(2)18-17(20-16)19-15-11-6-9-13-8-4-5-10-14(13)15/h4-6,8-11H,3,7H2,1-2H3,(H,18,19). The first-order valence-electron chi connectivity index (χ1n) is 6.99. The van der Waals surface area contributed by atoms with Gasteiger partial charge in [-0.15, -0.1) is 11.3 Å². The third-order valence-corrected chi connectivity index (χ3v) is 4.53. The van der Waals surface area contributed by atoms with Gasteiger partial charge in [0, 0.05) is 16.0 Å². The fourth-order valence-corrected chi connectivity index (χ4v) is 3.47. The minimum atomic E-state index is 0.988. The van der Waals surface area contributed by atoms with E-state index in [4.69, 9.17) is 0 Å². The molecule has 0 amide bonds. The lowest BCUT2D eigenvalue weighted by molar-refractivity contribution is 0.925. The summed E-state index contributed by atoms with van der Waals surface area (Å²) in [6, 6.07) is 14.7. The molecule has 0 aliphatic heterocycles. The predicted molar refractivity (Wildman–Crippen MR) is 88.1 cm³/mol. The van der Waals surface area contributed by atoms with Crippen molar-refractivity contribution in [2.75, 3.05) is 5.32 Å². The molecule has 0 spiro atoms. The van der Waals surface area contributed by atoms with Gasteiger partial charge in [-0.25, -0.2) is 4.98 Å². The highest BCUT2D eigenvalue weighted by Gasteiger charge is 2.08. The Morgan fingerprint density at radius 2 is 1.90 bits per heavy atom. The lowest BCUT2D eigenvalue weighted by atomic mass is 10.1. The zero-order valence-electron chi connectivity index (χ0n) is 11.8. The molecule has 2 nitrogen and oxygen atoms in total. The highest BCUT2D eigenvalue weighted by molar-refractivity contribution is 7.15. The van der Waals surface area contributed by atoms with Gasteiger partial charge in [0.2, 0.25) is 0 Å². The molecule has 20 heavy (non-hydrogen) atoms. The Bertz CT molecular complexity index is 725. The first-order valence-corrected chi connectivity index (χ1v) is 7.80.